The molecule has 20 heavy (non-hydrogen) atoms. The predicted octanol–water partition coefficient (Wildman–Crippen LogP) is 1.55. The number of aliphatic hydroxyl groups excluding tert-OH is 1. The van der Waals surface area contributed by atoms with Gasteiger partial charge in [0.15, 0.2) is 0 Å². The molecule has 6 nitrogen and oxygen atoms in total. The number of hydrogen-bond donors (Lipinski definition) is 3. The van der Waals surface area contributed by atoms with Crippen molar-refractivity contribution in [3.8, 4) is 0 Å². The van der Waals surface area contributed by atoms with Crippen LogP contribution in [-0.2, 0) is 16.0 Å². The predicted molar refractivity (Wildman–Crippen MR) is 71.1 cm³/mol. The second kappa shape index (κ2) is 5.83. The van der Waals surface area contributed by atoms with Gasteiger partial charge in [0.05, 0.1) is 5.69 Å². The Kier molecular flexibility index (Phi) is 3.95. The van der Waals surface area contributed by atoms with E-state index in [1.807, 2.05) is 12.1 Å². The molecule has 0 fully saturated rings. The summed E-state index contributed by atoms with van der Waals surface area (Å²) in [7, 11) is 0. The summed E-state index contributed by atoms with van der Waals surface area (Å²) in [5.74, 6) is -3.21. The molecule has 2 aromatic rings. The summed E-state index contributed by atoms with van der Waals surface area (Å²) in [5, 5.41) is 18.3. The van der Waals surface area contributed by atoms with Crippen LogP contribution in [0, 0.1) is 0 Å². The zero-order chi connectivity index (χ0) is 14.5. The summed E-state index contributed by atoms with van der Waals surface area (Å²) in [4.78, 5) is 28.5. The third-order valence-electron chi connectivity index (χ3n) is 2.67. The van der Waals surface area contributed by atoms with Crippen molar-refractivity contribution in [2.24, 2.45) is 0 Å². The molecule has 0 aromatic carbocycles. The molecule has 0 saturated carbocycles. The standard InChI is InChI=1S/C14H12N2O4/c17-11(8-12(18)14(19)20)13-9(4-6-16-13)7-10-3-1-2-5-15-10/h1-6,8,16-17H,7H2,(H,19,20). The Labute approximate surface area is 114 Å². The van der Waals surface area contributed by atoms with Crippen LogP contribution in [0.15, 0.2) is 42.7 Å². The first-order chi connectivity index (χ1) is 9.58. The first-order valence-electron chi connectivity index (χ1n) is 5.82. The first kappa shape index (κ1) is 13.5. The molecule has 0 radical (unpaired) electrons. The van der Waals surface area contributed by atoms with Crippen molar-refractivity contribution < 1.29 is 19.8 Å². The van der Waals surface area contributed by atoms with Gasteiger partial charge in [-0.05, 0) is 23.8 Å². The number of ketones is 1. The molecular formula is C14H12N2O4. The number of carboxylic acids is 1. The minimum Gasteiger partial charge on any atom is -0.506 e. The Morgan fingerprint density at radius 3 is 2.70 bits per heavy atom. The first-order valence-corrected chi connectivity index (χ1v) is 5.82. The van der Waals surface area contributed by atoms with Crippen LogP contribution in [0.1, 0.15) is 17.0 Å². The molecule has 0 amide bonds. The van der Waals surface area contributed by atoms with E-state index >= 15 is 0 Å². The van der Waals surface area contributed by atoms with Gasteiger partial charge in [0.1, 0.15) is 5.76 Å². The monoisotopic (exact) mass is 272 g/mol. The Bertz CT molecular complexity index is 659. The summed E-state index contributed by atoms with van der Waals surface area (Å²) in [6.45, 7) is 0. The topological polar surface area (TPSA) is 103 Å². The molecular weight excluding hydrogens is 260 g/mol. The van der Waals surface area contributed by atoms with Gasteiger partial charge in [-0.3, -0.25) is 9.78 Å². The number of carbonyl (C=O) groups is 2. The van der Waals surface area contributed by atoms with Crippen molar-refractivity contribution in [1.29, 1.82) is 0 Å². The average molecular weight is 272 g/mol. The summed E-state index contributed by atoms with van der Waals surface area (Å²) in [6.07, 6.45) is 4.39. The molecule has 6 heteroatoms. The summed E-state index contributed by atoms with van der Waals surface area (Å²) in [6, 6.07) is 7.21. The van der Waals surface area contributed by atoms with Gasteiger partial charge < -0.3 is 15.2 Å². The lowest BCUT2D eigenvalue weighted by Crippen LogP contribution is -2.10. The largest absolute Gasteiger partial charge is 0.506 e. The quantitative estimate of drug-likeness (QED) is 0.435. The van der Waals surface area contributed by atoms with Crippen LogP contribution in [0.2, 0.25) is 0 Å². The molecule has 0 unspecified atom stereocenters. The van der Waals surface area contributed by atoms with E-state index in [2.05, 4.69) is 9.97 Å². The van der Waals surface area contributed by atoms with Gasteiger partial charge in [0.2, 0.25) is 0 Å². The second-order valence-electron chi connectivity index (χ2n) is 4.07. The van der Waals surface area contributed by atoms with Crippen LogP contribution in [0.5, 0.6) is 0 Å². The van der Waals surface area contributed by atoms with E-state index < -0.39 is 17.5 Å². The second-order valence-corrected chi connectivity index (χ2v) is 4.07. The van der Waals surface area contributed by atoms with E-state index in [0.717, 1.165) is 11.3 Å². The van der Waals surface area contributed by atoms with E-state index in [1.165, 1.54) is 0 Å². The number of carboxylic acid groups (broad SMARTS) is 1. The summed E-state index contributed by atoms with van der Waals surface area (Å²) >= 11 is 0. The SMILES string of the molecule is O=C(O)C(=O)C=C(O)c1[nH]ccc1Cc1ccccn1. The highest BCUT2D eigenvalue weighted by Crippen LogP contribution is 2.18. The van der Waals surface area contributed by atoms with E-state index in [9.17, 15) is 14.7 Å². The van der Waals surface area contributed by atoms with Gasteiger partial charge in [0.25, 0.3) is 5.78 Å². The van der Waals surface area contributed by atoms with Gasteiger partial charge in [-0.1, -0.05) is 6.07 Å². The fourth-order valence-corrected chi connectivity index (χ4v) is 1.74. The minimum atomic E-state index is -1.62. The van der Waals surface area contributed by atoms with E-state index in [0.29, 0.717) is 18.2 Å². The molecule has 0 atom stereocenters. The highest BCUT2D eigenvalue weighted by atomic mass is 16.4. The number of aromatic amines is 1. The number of hydrogen-bond acceptors (Lipinski definition) is 4. The third-order valence-corrected chi connectivity index (χ3v) is 2.67. The number of aliphatic hydroxyl groups is 1. The maximum absolute atomic E-state index is 11.1. The molecule has 0 saturated heterocycles. The highest BCUT2D eigenvalue weighted by Gasteiger charge is 2.14. The molecule has 3 N–H and O–H groups in total. The minimum absolute atomic E-state index is 0.310. The van der Waals surface area contributed by atoms with Gasteiger partial charge in [0, 0.05) is 30.6 Å². The van der Waals surface area contributed by atoms with Crippen LogP contribution < -0.4 is 0 Å². The Balaban J connectivity index is 2.25. The van der Waals surface area contributed by atoms with Gasteiger partial charge in [-0.15, -0.1) is 0 Å². The smallest absolute Gasteiger partial charge is 0.376 e. The van der Waals surface area contributed by atoms with Crippen LogP contribution in [0.4, 0.5) is 0 Å². The maximum Gasteiger partial charge on any atom is 0.376 e. The number of nitrogens with zero attached hydrogens (tertiary/aromatic N) is 1. The highest BCUT2D eigenvalue weighted by molar-refractivity contribution is 6.38. The normalized spacial score (nSPS) is 11.3. The van der Waals surface area contributed by atoms with Crippen molar-refractivity contribution in [2.45, 2.75) is 6.42 Å². The van der Waals surface area contributed by atoms with Crippen LogP contribution in [0.3, 0.4) is 0 Å². The van der Waals surface area contributed by atoms with Crippen molar-refractivity contribution in [3.63, 3.8) is 0 Å². The van der Waals surface area contributed by atoms with Crippen LogP contribution in [-0.4, -0.2) is 31.9 Å². The van der Waals surface area contributed by atoms with Gasteiger partial charge >= 0.3 is 5.97 Å². The fourth-order valence-electron chi connectivity index (χ4n) is 1.74. The van der Waals surface area contributed by atoms with E-state index in [1.54, 1.807) is 24.5 Å². The van der Waals surface area contributed by atoms with Crippen molar-refractivity contribution in [1.82, 2.24) is 9.97 Å². The molecule has 0 spiro atoms. The Morgan fingerprint density at radius 1 is 1.25 bits per heavy atom. The molecule has 0 aliphatic heterocycles. The maximum atomic E-state index is 11.1. The molecule has 102 valence electrons. The lowest BCUT2D eigenvalue weighted by atomic mass is 10.1. The number of aliphatic carboxylic acids is 1. The number of carbonyl (C=O) groups excluding carboxylic acids is 1. The van der Waals surface area contributed by atoms with Crippen LogP contribution >= 0.6 is 0 Å². The Hall–Kier alpha value is -2.89. The van der Waals surface area contributed by atoms with Crippen molar-refractivity contribution in [2.75, 3.05) is 0 Å². The lowest BCUT2D eigenvalue weighted by molar-refractivity contribution is -0.146. The van der Waals surface area contributed by atoms with Crippen molar-refractivity contribution >= 4 is 17.5 Å². The van der Waals surface area contributed by atoms with E-state index in [4.69, 9.17) is 5.11 Å². The third kappa shape index (κ3) is 3.11. The Morgan fingerprint density at radius 2 is 2.05 bits per heavy atom. The number of aromatic nitrogens is 2. The zero-order valence-electron chi connectivity index (χ0n) is 10.4. The van der Waals surface area contributed by atoms with Crippen molar-refractivity contribution in [3.05, 3.63) is 59.7 Å². The van der Waals surface area contributed by atoms with Crippen LogP contribution in [0.25, 0.3) is 5.76 Å². The lowest BCUT2D eigenvalue weighted by Gasteiger charge is -2.03. The van der Waals surface area contributed by atoms with E-state index in [-0.39, 0.29) is 0 Å². The zero-order valence-corrected chi connectivity index (χ0v) is 10.4. The number of nitrogens with one attached hydrogen (secondary N) is 1. The van der Waals surface area contributed by atoms with Gasteiger partial charge in [-0.25, -0.2) is 4.79 Å². The number of pyridine rings is 1. The average Bonchev–Trinajstić information content (AvgIpc) is 2.88. The molecule has 2 heterocycles. The summed E-state index contributed by atoms with van der Waals surface area (Å²) in [5.41, 5.74) is 1.83. The molecule has 2 aromatic heterocycles. The molecule has 0 aliphatic rings. The molecule has 0 aliphatic carbocycles. The summed E-state index contributed by atoms with van der Waals surface area (Å²) < 4.78 is 0. The van der Waals surface area contributed by atoms with Gasteiger partial charge in [-0.2, -0.15) is 0 Å². The number of rotatable bonds is 5. The molecule has 2 rings (SSSR count). The number of H-pyrrole nitrogens is 1. The molecule has 0 bridgehead atoms. The fraction of sp³-hybridized carbons (Fsp3) is 0.0714.